The first-order chi connectivity index (χ1) is 13.5. The van der Waals surface area contributed by atoms with Crippen molar-refractivity contribution in [1.82, 2.24) is 15.0 Å². The van der Waals surface area contributed by atoms with E-state index in [1.165, 1.54) is 12.1 Å². The zero-order chi connectivity index (χ0) is 19.7. The van der Waals surface area contributed by atoms with Gasteiger partial charge in [0.2, 0.25) is 0 Å². The zero-order valence-electron chi connectivity index (χ0n) is 15.4. The van der Waals surface area contributed by atoms with Crippen LogP contribution in [0.25, 0.3) is 22.4 Å². The maximum atomic E-state index is 13.3. The van der Waals surface area contributed by atoms with Crippen LogP contribution in [0.15, 0.2) is 60.8 Å². The van der Waals surface area contributed by atoms with E-state index >= 15 is 0 Å². The molecule has 7 heteroatoms. The first kappa shape index (κ1) is 17.7. The number of pyridine rings is 1. The lowest BCUT2D eigenvalue weighted by Crippen LogP contribution is -2.14. The average molecular weight is 375 g/mol. The molecule has 1 amide bonds. The molecule has 6 nitrogen and oxygen atoms in total. The highest BCUT2D eigenvalue weighted by Crippen LogP contribution is 2.23. The topological polar surface area (TPSA) is 73.9 Å². The third-order valence-corrected chi connectivity index (χ3v) is 4.33. The monoisotopic (exact) mass is 375 g/mol. The van der Waals surface area contributed by atoms with Gasteiger partial charge < -0.3 is 15.2 Å². The number of hydrogen-bond acceptors (Lipinski definition) is 4. The number of rotatable bonds is 4. The summed E-state index contributed by atoms with van der Waals surface area (Å²) in [4.78, 5) is 26.1. The van der Waals surface area contributed by atoms with Crippen LogP contribution in [0.4, 0.5) is 15.9 Å². The number of imidazole rings is 1. The summed E-state index contributed by atoms with van der Waals surface area (Å²) >= 11 is 0. The van der Waals surface area contributed by atoms with Gasteiger partial charge in [0, 0.05) is 31.5 Å². The van der Waals surface area contributed by atoms with Crippen LogP contribution in [-0.4, -0.2) is 35.0 Å². The number of anilines is 2. The van der Waals surface area contributed by atoms with Gasteiger partial charge in [0.25, 0.3) is 5.91 Å². The molecule has 0 fully saturated rings. The highest BCUT2D eigenvalue weighted by molar-refractivity contribution is 6.04. The zero-order valence-corrected chi connectivity index (χ0v) is 15.4. The summed E-state index contributed by atoms with van der Waals surface area (Å²) in [6, 6.07) is 15.2. The van der Waals surface area contributed by atoms with E-state index in [-0.39, 0.29) is 11.7 Å². The molecule has 0 aliphatic carbocycles. The quantitative estimate of drug-likeness (QED) is 0.564. The van der Waals surface area contributed by atoms with E-state index in [0.717, 1.165) is 11.4 Å². The third kappa shape index (κ3) is 3.55. The van der Waals surface area contributed by atoms with Gasteiger partial charge in [-0.1, -0.05) is 0 Å². The van der Waals surface area contributed by atoms with Crippen molar-refractivity contribution in [1.29, 1.82) is 0 Å². The maximum Gasteiger partial charge on any atom is 0.257 e. The van der Waals surface area contributed by atoms with Crippen molar-refractivity contribution < 1.29 is 9.18 Å². The molecule has 140 valence electrons. The summed E-state index contributed by atoms with van der Waals surface area (Å²) in [7, 11) is 3.78. The van der Waals surface area contributed by atoms with Crippen molar-refractivity contribution in [2.75, 3.05) is 24.3 Å². The molecule has 0 radical (unpaired) electrons. The molecule has 0 aliphatic heterocycles. The standard InChI is InChI=1S/C21H18FN5O/c1-27(2)19-10-5-14(12-23-19)21(28)24-16-7-3-13(4-8-16)20-25-17-9-6-15(22)11-18(17)26-20/h3-12H,1-2H3,(H,24,28)(H,25,26). The van der Waals surface area contributed by atoms with Gasteiger partial charge in [0.15, 0.2) is 0 Å². The van der Waals surface area contributed by atoms with Crippen molar-refractivity contribution in [2.24, 2.45) is 0 Å². The summed E-state index contributed by atoms with van der Waals surface area (Å²) in [6.45, 7) is 0. The molecule has 2 heterocycles. The molecule has 2 N–H and O–H groups in total. The van der Waals surface area contributed by atoms with E-state index in [9.17, 15) is 9.18 Å². The normalized spacial score (nSPS) is 10.8. The van der Waals surface area contributed by atoms with Crippen molar-refractivity contribution >= 4 is 28.4 Å². The average Bonchev–Trinajstić information content (AvgIpc) is 3.11. The molecule has 2 aromatic heterocycles. The molecular formula is C21H18FN5O. The molecule has 0 saturated carbocycles. The van der Waals surface area contributed by atoms with Crippen LogP contribution in [0, 0.1) is 5.82 Å². The molecule has 0 spiro atoms. The van der Waals surface area contributed by atoms with Gasteiger partial charge in [-0.05, 0) is 54.6 Å². The Morgan fingerprint density at radius 2 is 1.86 bits per heavy atom. The maximum absolute atomic E-state index is 13.3. The molecular weight excluding hydrogens is 357 g/mol. The minimum atomic E-state index is -0.311. The first-order valence-electron chi connectivity index (χ1n) is 8.70. The van der Waals surface area contributed by atoms with Gasteiger partial charge in [-0.2, -0.15) is 0 Å². The minimum Gasteiger partial charge on any atom is -0.363 e. The van der Waals surface area contributed by atoms with Gasteiger partial charge in [0.05, 0.1) is 16.6 Å². The lowest BCUT2D eigenvalue weighted by atomic mass is 10.2. The number of aromatic amines is 1. The van der Waals surface area contributed by atoms with Gasteiger partial charge in [-0.3, -0.25) is 4.79 Å². The fraction of sp³-hybridized carbons (Fsp3) is 0.0952. The van der Waals surface area contributed by atoms with Crippen LogP contribution >= 0.6 is 0 Å². The highest BCUT2D eigenvalue weighted by Gasteiger charge is 2.09. The number of carbonyl (C=O) groups is 1. The van der Waals surface area contributed by atoms with E-state index in [1.54, 1.807) is 36.5 Å². The fourth-order valence-electron chi connectivity index (χ4n) is 2.82. The smallest absolute Gasteiger partial charge is 0.257 e. The second-order valence-corrected chi connectivity index (χ2v) is 6.58. The van der Waals surface area contributed by atoms with E-state index in [2.05, 4.69) is 20.3 Å². The Morgan fingerprint density at radius 3 is 2.54 bits per heavy atom. The van der Waals surface area contributed by atoms with E-state index in [4.69, 9.17) is 0 Å². The molecule has 0 saturated heterocycles. The van der Waals surface area contributed by atoms with Crippen molar-refractivity contribution in [3.8, 4) is 11.4 Å². The molecule has 28 heavy (non-hydrogen) atoms. The van der Waals surface area contributed by atoms with Crippen LogP contribution in [0.2, 0.25) is 0 Å². The van der Waals surface area contributed by atoms with E-state index in [0.29, 0.717) is 28.1 Å². The fourth-order valence-corrected chi connectivity index (χ4v) is 2.82. The molecule has 4 rings (SSSR count). The lowest BCUT2D eigenvalue weighted by Gasteiger charge is -2.11. The largest absolute Gasteiger partial charge is 0.363 e. The van der Waals surface area contributed by atoms with Gasteiger partial charge in [-0.15, -0.1) is 0 Å². The summed E-state index contributed by atoms with van der Waals surface area (Å²) < 4.78 is 13.3. The number of aromatic nitrogens is 3. The summed E-state index contributed by atoms with van der Waals surface area (Å²) in [5, 5.41) is 2.85. The Bertz CT molecular complexity index is 1130. The molecule has 0 atom stereocenters. The summed E-state index contributed by atoms with van der Waals surface area (Å²) in [6.07, 6.45) is 1.55. The molecule has 0 bridgehead atoms. The van der Waals surface area contributed by atoms with Crippen LogP contribution in [-0.2, 0) is 0 Å². The number of nitrogens with zero attached hydrogens (tertiary/aromatic N) is 3. The Labute approximate surface area is 161 Å². The Kier molecular flexibility index (Phi) is 4.49. The van der Waals surface area contributed by atoms with Crippen LogP contribution in [0.3, 0.4) is 0 Å². The van der Waals surface area contributed by atoms with Crippen LogP contribution < -0.4 is 10.2 Å². The number of hydrogen-bond donors (Lipinski definition) is 2. The third-order valence-electron chi connectivity index (χ3n) is 4.33. The number of H-pyrrole nitrogens is 1. The number of halogens is 1. The van der Waals surface area contributed by atoms with E-state index in [1.807, 2.05) is 31.1 Å². The number of amides is 1. The first-order valence-corrected chi connectivity index (χ1v) is 8.70. The minimum absolute atomic E-state index is 0.232. The molecule has 2 aromatic carbocycles. The van der Waals surface area contributed by atoms with Crippen molar-refractivity contribution in [3.05, 3.63) is 72.2 Å². The Morgan fingerprint density at radius 1 is 1.07 bits per heavy atom. The predicted octanol–water partition coefficient (Wildman–Crippen LogP) is 4.08. The molecule has 0 aliphatic rings. The Balaban J connectivity index is 1.50. The number of fused-ring (bicyclic) bond motifs is 1. The van der Waals surface area contributed by atoms with E-state index < -0.39 is 0 Å². The number of nitrogens with one attached hydrogen (secondary N) is 2. The lowest BCUT2D eigenvalue weighted by molar-refractivity contribution is 0.102. The van der Waals surface area contributed by atoms with Crippen molar-refractivity contribution in [3.63, 3.8) is 0 Å². The van der Waals surface area contributed by atoms with Crippen LogP contribution in [0.5, 0.6) is 0 Å². The number of benzene rings is 2. The SMILES string of the molecule is CN(C)c1ccc(C(=O)Nc2ccc(-c3nc4ccc(F)cc4[nH]3)cc2)cn1. The molecule has 4 aromatic rings. The van der Waals surface area contributed by atoms with Crippen molar-refractivity contribution in [2.45, 2.75) is 0 Å². The summed E-state index contributed by atoms with van der Waals surface area (Å²) in [5.74, 6) is 0.882. The van der Waals surface area contributed by atoms with Gasteiger partial charge >= 0.3 is 0 Å². The number of carbonyl (C=O) groups excluding carboxylic acids is 1. The second-order valence-electron chi connectivity index (χ2n) is 6.58. The Hall–Kier alpha value is -3.74. The summed E-state index contributed by atoms with van der Waals surface area (Å²) in [5.41, 5.74) is 3.32. The van der Waals surface area contributed by atoms with Crippen LogP contribution in [0.1, 0.15) is 10.4 Å². The molecule has 0 unspecified atom stereocenters. The predicted molar refractivity (Wildman–Crippen MR) is 108 cm³/mol. The highest BCUT2D eigenvalue weighted by atomic mass is 19.1. The van der Waals surface area contributed by atoms with Gasteiger partial charge in [-0.25, -0.2) is 14.4 Å². The van der Waals surface area contributed by atoms with Gasteiger partial charge in [0.1, 0.15) is 17.5 Å². The second kappa shape index (κ2) is 7.11.